The number of para-hydroxylation sites is 1. The maximum Gasteiger partial charge on any atom is 0.237 e. The Balaban J connectivity index is 1.57. The monoisotopic (exact) mass is 303 g/mol. The van der Waals surface area contributed by atoms with E-state index in [1.165, 1.54) is 11.1 Å². The van der Waals surface area contributed by atoms with E-state index in [1.54, 1.807) is 11.3 Å². The summed E-state index contributed by atoms with van der Waals surface area (Å²) in [4.78, 5) is 16.8. The lowest BCUT2D eigenvalue weighted by Crippen LogP contribution is -2.48. The third kappa shape index (κ3) is 3.41. The highest BCUT2D eigenvalue weighted by atomic mass is 32.1. The standard InChI is InChI=1S/C16H21N3OS/c1-2-11-7-8-17-13(9-11)16(20)18-10-15-19-12-5-3-4-6-14(12)21-15/h3-6,11,13,17H,2,7-10H2,1H3,(H,18,20). The molecule has 0 radical (unpaired) electrons. The fourth-order valence-electron chi connectivity index (χ4n) is 2.85. The van der Waals surface area contributed by atoms with E-state index in [-0.39, 0.29) is 11.9 Å². The molecular weight excluding hydrogens is 282 g/mol. The van der Waals surface area contributed by atoms with Crippen LogP contribution in [0, 0.1) is 5.92 Å². The molecule has 5 heteroatoms. The van der Waals surface area contributed by atoms with Crippen molar-refractivity contribution in [2.45, 2.75) is 38.8 Å². The van der Waals surface area contributed by atoms with E-state index in [4.69, 9.17) is 0 Å². The van der Waals surface area contributed by atoms with Crippen LogP contribution >= 0.6 is 11.3 Å². The van der Waals surface area contributed by atoms with Crippen molar-refractivity contribution < 1.29 is 4.79 Å². The van der Waals surface area contributed by atoms with Gasteiger partial charge in [-0.2, -0.15) is 0 Å². The molecule has 2 aromatic rings. The minimum Gasteiger partial charge on any atom is -0.348 e. The quantitative estimate of drug-likeness (QED) is 0.913. The number of nitrogens with one attached hydrogen (secondary N) is 2. The van der Waals surface area contributed by atoms with Crippen LogP contribution in [-0.2, 0) is 11.3 Å². The highest BCUT2D eigenvalue weighted by molar-refractivity contribution is 7.18. The first-order chi connectivity index (χ1) is 10.3. The molecule has 2 heterocycles. The number of thiazole rings is 1. The minimum absolute atomic E-state index is 0.0434. The molecule has 0 aliphatic carbocycles. The Morgan fingerprint density at radius 2 is 2.33 bits per heavy atom. The molecule has 1 aromatic carbocycles. The zero-order chi connectivity index (χ0) is 14.7. The van der Waals surface area contributed by atoms with Crippen LogP contribution in [0.1, 0.15) is 31.2 Å². The molecule has 0 bridgehead atoms. The summed E-state index contributed by atoms with van der Waals surface area (Å²) in [5, 5.41) is 7.30. The molecule has 2 atom stereocenters. The van der Waals surface area contributed by atoms with Gasteiger partial charge in [-0.25, -0.2) is 4.98 Å². The van der Waals surface area contributed by atoms with Gasteiger partial charge >= 0.3 is 0 Å². The first kappa shape index (κ1) is 14.5. The molecule has 0 saturated carbocycles. The lowest BCUT2D eigenvalue weighted by Gasteiger charge is -2.28. The van der Waals surface area contributed by atoms with Crippen molar-refractivity contribution in [1.29, 1.82) is 0 Å². The lowest BCUT2D eigenvalue weighted by atomic mass is 9.90. The number of aromatic nitrogens is 1. The average molecular weight is 303 g/mol. The number of rotatable bonds is 4. The van der Waals surface area contributed by atoms with Gasteiger partial charge in [0.15, 0.2) is 0 Å². The van der Waals surface area contributed by atoms with E-state index >= 15 is 0 Å². The van der Waals surface area contributed by atoms with Crippen LogP contribution in [0.4, 0.5) is 0 Å². The summed E-state index contributed by atoms with van der Waals surface area (Å²) in [5.74, 6) is 0.775. The van der Waals surface area contributed by atoms with Crippen LogP contribution in [0.3, 0.4) is 0 Å². The Hall–Kier alpha value is -1.46. The SMILES string of the molecule is CCC1CCNC(C(=O)NCc2nc3ccccc3s2)C1. The molecule has 112 valence electrons. The topological polar surface area (TPSA) is 54.0 Å². The second-order valence-corrected chi connectivity index (χ2v) is 6.71. The van der Waals surface area contributed by atoms with Crippen molar-refractivity contribution in [3.63, 3.8) is 0 Å². The number of benzene rings is 1. The highest BCUT2D eigenvalue weighted by Gasteiger charge is 2.25. The molecule has 1 fully saturated rings. The van der Waals surface area contributed by atoms with Crippen molar-refractivity contribution in [3.8, 4) is 0 Å². The number of hydrogen-bond acceptors (Lipinski definition) is 4. The number of nitrogens with zero attached hydrogens (tertiary/aromatic N) is 1. The number of hydrogen-bond donors (Lipinski definition) is 2. The van der Waals surface area contributed by atoms with E-state index in [0.717, 1.165) is 29.9 Å². The van der Waals surface area contributed by atoms with Gasteiger partial charge in [-0.3, -0.25) is 4.79 Å². The van der Waals surface area contributed by atoms with Gasteiger partial charge in [0.1, 0.15) is 5.01 Å². The Bertz CT molecular complexity index is 592. The van der Waals surface area contributed by atoms with Gasteiger partial charge in [0.25, 0.3) is 0 Å². The predicted molar refractivity (Wildman–Crippen MR) is 86.3 cm³/mol. The van der Waals surface area contributed by atoms with E-state index in [1.807, 2.05) is 18.2 Å². The average Bonchev–Trinajstić information content (AvgIpc) is 2.95. The van der Waals surface area contributed by atoms with Gasteiger partial charge in [0.2, 0.25) is 5.91 Å². The van der Waals surface area contributed by atoms with Crippen LogP contribution in [0.15, 0.2) is 24.3 Å². The van der Waals surface area contributed by atoms with Gasteiger partial charge in [-0.15, -0.1) is 11.3 Å². The summed E-state index contributed by atoms with van der Waals surface area (Å²) in [6.07, 6.45) is 3.28. The van der Waals surface area contributed by atoms with Gasteiger partial charge in [-0.05, 0) is 37.4 Å². The zero-order valence-electron chi connectivity index (χ0n) is 12.3. The molecule has 1 aliphatic rings. The van der Waals surface area contributed by atoms with Crippen molar-refractivity contribution in [2.75, 3.05) is 6.54 Å². The fraction of sp³-hybridized carbons (Fsp3) is 0.500. The van der Waals surface area contributed by atoms with Gasteiger partial charge in [0, 0.05) is 0 Å². The van der Waals surface area contributed by atoms with E-state index in [2.05, 4.69) is 28.6 Å². The Morgan fingerprint density at radius 1 is 1.48 bits per heavy atom. The predicted octanol–water partition coefficient (Wildman–Crippen LogP) is 2.69. The largest absolute Gasteiger partial charge is 0.348 e. The molecule has 4 nitrogen and oxygen atoms in total. The minimum atomic E-state index is -0.0434. The molecule has 3 rings (SSSR count). The van der Waals surface area contributed by atoms with E-state index in [9.17, 15) is 4.79 Å². The van der Waals surface area contributed by atoms with Crippen LogP contribution in [0.25, 0.3) is 10.2 Å². The van der Waals surface area contributed by atoms with Crippen LogP contribution in [-0.4, -0.2) is 23.5 Å². The Morgan fingerprint density at radius 3 is 3.14 bits per heavy atom. The molecule has 2 unspecified atom stereocenters. The van der Waals surface area contributed by atoms with Crippen LogP contribution < -0.4 is 10.6 Å². The first-order valence-electron chi connectivity index (χ1n) is 7.62. The molecular formula is C16H21N3OS. The first-order valence-corrected chi connectivity index (χ1v) is 8.43. The smallest absolute Gasteiger partial charge is 0.237 e. The Kier molecular flexibility index (Phi) is 4.51. The second-order valence-electron chi connectivity index (χ2n) is 5.60. The molecule has 21 heavy (non-hydrogen) atoms. The molecule has 1 saturated heterocycles. The van der Waals surface area contributed by atoms with E-state index in [0.29, 0.717) is 12.5 Å². The number of carbonyl (C=O) groups excluding carboxylic acids is 1. The maximum atomic E-state index is 12.3. The molecule has 1 amide bonds. The van der Waals surface area contributed by atoms with Crippen molar-refractivity contribution >= 4 is 27.5 Å². The normalized spacial score (nSPS) is 22.3. The van der Waals surface area contributed by atoms with Crippen molar-refractivity contribution in [2.24, 2.45) is 5.92 Å². The molecule has 1 aromatic heterocycles. The van der Waals surface area contributed by atoms with Crippen molar-refractivity contribution in [3.05, 3.63) is 29.3 Å². The fourth-order valence-corrected chi connectivity index (χ4v) is 3.76. The number of amides is 1. The molecule has 2 N–H and O–H groups in total. The summed E-state index contributed by atoms with van der Waals surface area (Å²) in [5.41, 5.74) is 1.01. The summed E-state index contributed by atoms with van der Waals surface area (Å²) in [6, 6.07) is 8.03. The summed E-state index contributed by atoms with van der Waals surface area (Å²) in [6.45, 7) is 3.66. The highest BCUT2D eigenvalue weighted by Crippen LogP contribution is 2.22. The molecule has 0 spiro atoms. The number of piperidine rings is 1. The van der Waals surface area contributed by atoms with Crippen LogP contribution in [0.5, 0.6) is 0 Å². The number of fused-ring (bicyclic) bond motifs is 1. The summed E-state index contributed by atoms with van der Waals surface area (Å²) >= 11 is 1.64. The lowest BCUT2D eigenvalue weighted by molar-refractivity contribution is -0.124. The summed E-state index contributed by atoms with van der Waals surface area (Å²) < 4.78 is 1.17. The van der Waals surface area contributed by atoms with Crippen LogP contribution in [0.2, 0.25) is 0 Å². The number of carbonyl (C=O) groups is 1. The van der Waals surface area contributed by atoms with E-state index < -0.39 is 0 Å². The summed E-state index contributed by atoms with van der Waals surface area (Å²) in [7, 11) is 0. The zero-order valence-corrected chi connectivity index (χ0v) is 13.1. The third-order valence-electron chi connectivity index (χ3n) is 4.16. The second kappa shape index (κ2) is 6.54. The maximum absolute atomic E-state index is 12.3. The van der Waals surface area contributed by atoms with Gasteiger partial charge in [-0.1, -0.05) is 25.5 Å². The van der Waals surface area contributed by atoms with Gasteiger partial charge in [0.05, 0.1) is 22.8 Å². The van der Waals surface area contributed by atoms with Gasteiger partial charge < -0.3 is 10.6 Å². The Labute approximate surface area is 129 Å². The van der Waals surface area contributed by atoms with Crippen molar-refractivity contribution in [1.82, 2.24) is 15.6 Å². The molecule has 1 aliphatic heterocycles. The third-order valence-corrected chi connectivity index (χ3v) is 5.19.